The highest BCUT2D eigenvalue weighted by molar-refractivity contribution is 14.0. The Balaban J connectivity index is 0.00000320. The van der Waals surface area contributed by atoms with Gasteiger partial charge in [-0.15, -0.1) is 24.0 Å². The third-order valence-corrected chi connectivity index (χ3v) is 4.87. The fourth-order valence-electron chi connectivity index (χ4n) is 3.22. The van der Waals surface area contributed by atoms with Crippen LogP contribution in [0.15, 0.2) is 57.9 Å². The molecule has 0 aliphatic rings. The van der Waals surface area contributed by atoms with Gasteiger partial charge in [0.25, 0.3) is 5.91 Å². The van der Waals surface area contributed by atoms with Gasteiger partial charge in [0.15, 0.2) is 5.96 Å². The maximum Gasteiger partial charge on any atom is 0.253 e. The van der Waals surface area contributed by atoms with Crippen molar-refractivity contribution in [2.75, 3.05) is 27.7 Å². The van der Waals surface area contributed by atoms with Crippen LogP contribution in [-0.4, -0.2) is 44.5 Å². The van der Waals surface area contributed by atoms with Gasteiger partial charge in [-0.1, -0.05) is 30.3 Å². The van der Waals surface area contributed by atoms with Gasteiger partial charge in [0, 0.05) is 44.2 Å². The highest BCUT2D eigenvalue weighted by atomic mass is 127. The van der Waals surface area contributed by atoms with E-state index in [4.69, 9.17) is 4.42 Å². The van der Waals surface area contributed by atoms with Gasteiger partial charge >= 0.3 is 0 Å². The zero-order chi connectivity index (χ0) is 20.8. The maximum absolute atomic E-state index is 12.1. The first-order chi connectivity index (χ1) is 14.0. The number of rotatable bonds is 6. The summed E-state index contributed by atoms with van der Waals surface area (Å²) < 4.78 is 5.94. The zero-order valence-electron chi connectivity index (χ0n) is 17.9. The van der Waals surface area contributed by atoms with Gasteiger partial charge in [-0.3, -0.25) is 9.79 Å². The third kappa shape index (κ3) is 5.75. The molecule has 0 spiro atoms. The number of hydrogen-bond donors (Lipinski definition) is 2. The first kappa shape index (κ1) is 23.7. The van der Waals surface area contributed by atoms with Gasteiger partial charge in [-0.25, -0.2) is 0 Å². The van der Waals surface area contributed by atoms with Crippen LogP contribution in [0.3, 0.4) is 0 Å². The Hall–Kier alpha value is -2.55. The fraction of sp³-hybridized carbons (Fsp3) is 0.304. The average molecular weight is 520 g/mol. The molecular weight excluding hydrogens is 491 g/mol. The number of furan rings is 1. The summed E-state index contributed by atoms with van der Waals surface area (Å²) in [4.78, 5) is 18.0. The van der Waals surface area contributed by atoms with Crippen LogP contribution in [0.25, 0.3) is 11.0 Å². The number of para-hydroxylation sites is 1. The zero-order valence-corrected chi connectivity index (χ0v) is 20.2. The van der Waals surface area contributed by atoms with Crippen molar-refractivity contribution in [3.8, 4) is 0 Å². The van der Waals surface area contributed by atoms with E-state index >= 15 is 0 Å². The van der Waals surface area contributed by atoms with Gasteiger partial charge in [0.2, 0.25) is 0 Å². The number of guanidine groups is 1. The number of aliphatic imine (C=N–C) groups is 1. The quantitative estimate of drug-likeness (QED) is 0.293. The van der Waals surface area contributed by atoms with Gasteiger partial charge in [0.05, 0.1) is 6.54 Å². The van der Waals surface area contributed by atoms with E-state index in [-0.39, 0.29) is 29.9 Å². The second-order valence-corrected chi connectivity index (χ2v) is 7.15. The Kier molecular flexibility index (Phi) is 8.71. The molecule has 0 saturated carbocycles. The molecule has 0 atom stereocenters. The second kappa shape index (κ2) is 11.0. The lowest BCUT2D eigenvalue weighted by Crippen LogP contribution is -2.37. The number of benzene rings is 2. The summed E-state index contributed by atoms with van der Waals surface area (Å²) in [7, 11) is 5.27. The molecule has 7 heteroatoms. The summed E-state index contributed by atoms with van der Waals surface area (Å²) in [5, 5.41) is 7.76. The SMILES string of the molecule is CN=C(NCCc1cccc(C(=O)N(C)C)c1)NCc1oc2ccccc2c1C.I. The van der Waals surface area contributed by atoms with Crippen molar-refractivity contribution < 1.29 is 9.21 Å². The summed E-state index contributed by atoms with van der Waals surface area (Å²) in [5.41, 5.74) is 3.85. The van der Waals surface area contributed by atoms with Crippen LogP contribution in [0, 0.1) is 6.92 Å². The van der Waals surface area contributed by atoms with Crippen molar-refractivity contribution in [2.45, 2.75) is 19.9 Å². The smallest absolute Gasteiger partial charge is 0.253 e. The molecule has 3 aromatic rings. The molecule has 0 aliphatic heterocycles. The first-order valence-electron chi connectivity index (χ1n) is 9.71. The van der Waals surface area contributed by atoms with Crippen LogP contribution < -0.4 is 10.6 Å². The van der Waals surface area contributed by atoms with Gasteiger partial charge in [-0.2, -0.15) is 0 Å². The largest absolute Gasteiger partial charge is 0.459 e. The molecule has 2 aromatic carbocycles. The molecule has 0 bridgehead atoms. The van der Waals surface area contributed by atoms with E-state index < -0.39 is 0 Å². The topological polar surface area (TPSA) is 69.9 Å². The van der Waals surface area contributed by atoms with E-state index in [2.05, 4.69) is 28.6 Å². The Bertz CT molecular complexity index is 1030. The number of hydrogen-bond acceptors (Lipinski definition) is 3. The summed E-state index contributed by atoms with van der Waals surface area (Å²) in [6, 6.07) is 15.8. The summed E-state index contributed by atoms with van der Waals surface area (Å²) in [6.45, 7) is 3.34. The number of fused-ring (bicyclic) bond motifs is 1. The maximum atomic E-state index is 12.1. The molecule has 30 heavy (non-hydrogen) atoms. The van der Waals surface area contributed by atoms with E-state index in [0.29, 0.717) is 24.6 Å². The second-order valence-electron chi connectivity index (χ2n) is 7.15. The molecule has 3 rings (SSSR count). The fourth-order valence-corrected chi connectivity index (χ4v) is 3.22. The lowest BCUT2D eigenvalue weighted by molar-refractivity contribution is 0.0827. The number of halogens is 1. The minimum atomic E-state index is 0. The van der Waals surface area contributed by atoms with Crippen LogP contribution >= 0.6 is 24.0 Å². The predicted molar refractivity (Wildman–Crippen MR) is 133 cm³/mol. The Morgan fingerprint density at radius 1 is 1.10 bits per heavy atom. The van der Waals surface area contributed by atoms with Crippen molar-refractivity contribution in [1.82, 2.24) is 15.5 Å². The number of nitrogens with one attached hydrogen (secondary N) is 2. The van der Waals surface area contributed by atoms with Crippen LogP contribution in [-0.2, 0) is 13.0 Å². The molecule has 1 heterocycles. The van der Waals surface area contributed by atoms with Crippen molar-refractivity contribution in [3.05, 3.63) is 71.0 Å². The van der Waals surface area contributed by atoms with Crippen molar-refractivity contribution >= 4 is 46.8 Å². The molecule has 6 nitrogen and oxygen atoms in total. The monoisotopic (exact) mass is 520 g/mol. The minimum absolute atomic E-state index is 0. The highest BCUT2D eigenvalue weighted by Crippen LogP contribution is 2.24. The molecule has 0 saturated heterocycles. The van der Waals surface area contributed by atoms with Gasteiger partial charge in [-0.05, 0) is 37.1 Å². The van der Waals surface area contributed by atoms with Crippen LogP contribution in [0.1, 0.15) is 27.2 Å². The summed E-state index contributed by atoms with van der Waals surface area (Å²) in [5.74, 6) is 1.63. The number of amides is 1. The van der Waals surface area contributed by atoms with E-state index in [9.17, 15) is 4.79 Å². The first-order valence-corrected chi connectivity index (χ1v) is 9.71. The number of nitrogens with zero attached hydrogens (tertiary/aromatic N) is 2. The summed E-state index contributed by atoms with van der Waals surface area (Å²) >= 11 is 0. The predicted octanol–water partition coefficient (Wildman–Crippen LogP) is 3.97. The molecule has 2 N–H and O–H groups in total. The number of aryl methyl sites for hydroxylation is 1. The minimum Gasteiger partial charge on any atom is -0.459 e. The van der Waals surface area contributed by atoms with Gasteiger partial charge in [0.1, 0.15) is 11.3 Å². The van der Waals surface area contributed by atoms with E-state index in [1.807, 2.05) is 42.5 Å². The van der Waals surface area contributed by atoms with Crippen molar-refractivity contribution in [2.24, 2.45) is 4.99 Å². The summed E-state index contributed by atoms with van der Waals surface area (Å²) in [6.07, 6.45) is 0.791. The van der Waals surface area contributed by atoms with E-state index in [1.54, 1.807) is 26.0 Å². The van der Waals surface area contributed by atoms with Crippen molar-refractivity contribution in [1.29, 1.82) is 0 Å². The Morgan fingerprint density at radius 2 is 1.87 bits per heavy atom. The molecule has 1 amide bonds. The van der Waals surface area contributed by atoms with E-state index in [1.165, 1.54) is 0 Å². The normalized spacial score (nSPS) is 11.1. The molecule has 1 aromatic heterocycles. The lowest BCUT2D eigenvalue weighted by atomic mass is 10.1. The molecule has 160 valence electrons. The van der Waals surface area contributed by atoms with E-state index in [0.717, 1.165) is 34.3 Å². The number of carbonyl (C=O) groups excluding carboxylic acids is 1. The molecule has 0 unspecified atom stereocenters. The molecular formula is C23H29IN4O2. The Morgan fingerprint density at radius 3 is 2.57 bits per heavy atom. The van der Waals surface area contributed by atoms with Crippen LogP contribution in [0.4, 0.5) is 0 Å². The average Bonchev–Trinajstić information content (AvgIpc) is 3.06. The molecule has 0 radical (unpaired) electrons. The molecule has 0 aliphatic carbocycles. The molecule has 0 fully saturated rings. The third-order valence-electron chi connectivity index (χ3n) is 4.87. The number of carbonyl (C=O) groups is 1. The van der Waals surface area contributed by atoms with Crippen LogP contribution in [0.5, 0.6) is 0 Å². The standard InChI is InChI=1S/C23H28N4O2.HI/c1-16-19-10-5-6-11-20(19)29-21(16)15-26-23(24-2)25-13-12-17-8-7-9-18(14-17)22(28)27(3)4;/h5-11,14H,12-13,15H2,1-4H3,(H2,24,25,26);1H. The van der Waals surface area contributed by atoms with Gasteiger partial charge < -0.3 is 20.0 Å². The van der Waals surface area contributed by atoms with Crippen molar-refractivity contribution in [3.63, 3.8) is 0 Å². The highest BCUT2D eigenvalue weighted by Gasteiger charge is 2.11. The lowest BCUT2D eigenvalue weighted by Gasteiger charge is -2.13. The Labute approximate surface area is 194 Å². The van der Waals surface area contributed by atoms with Crippen LogP contribution in [0.2, 0.25) is 0 Å².